The van der Waals surface area contributed by atoms with Gasteiger partial charge in [-0.2, -0.15) is 0 Å². The summed E-state index contributed by atoms with van der Waals surface area (Å²) in [5, 5.41) is 0. The average Bonchev–Trinajstić information content (AvgIpc) is 2.63. The molecule has 0 aromatic rings. The Balaban J connectivity index is 1.75. The third-order valence-electron chi connectivity index (χ3n) is 3.07. The molecule has 1 aliphatic carbocycles. The van der Waals surface area contributed by atoms with Gasteiger partial charge in [0.25, 0.3) is 0 Å². The van der Waals surface area contributed by atoms with Crippen molar-refractivity contribution in [3.63, 3.8) is 0 Å². The number of hydrogen-bond donors (Lipinski definition) is 0. The Morgan fingerprint density at radius 2 is 2.13 bits per heavy atom. The van der Waals surface area contributed by atoms with E-state index in [2.05, 4.69) is 6.58 Å². The minimum atomic E-state index is -0.263. The molecule has 3 heteroatoms. The zero-order valence-electron chi connectivity index (χ0n) is 9.24. The van der Waals surface area contributed by atoms with E-state index in [1.807, 2.05) is 0 Å². The van der Waals surface area contributed by atoms with E-state index in [0.717, 1.165) is 12.8 Å². The molecule has 2 aliphatic rings. The van der Waals surface area contributed by atoms with Gasteiger partial charge in [0, 0.05) is 12.8 Å². The number of hydrogen-bond acceptors (Lipinski definition) is 3. The Morgan fingerprint density at radius 3 is 2.87 bits per heavy atom. The lowest BCUT2D eigenvalue weighted by Gasteiger charge is -2.31. The summed E-state index contributed by atoms with van der Waals surface area (Å²) >= 11 is 0. The van der Waals surface area contributed by atoms with E-state index in [0.29, 0.717) is 19.8 Å². The first-order chi connectivity index (χ1) is 7.35. The van der Waals surface area contributed by atoms with Crippen LogP contribution < -0.4 is 0 Å². The molecule has 1 atom stereocenters. The fourth-order valence-corrected chi connectivity index (χ4v) is 2.33. The van der Waals surface area contributed by atoms with Gasteiger partial charge >= 0.3 is 0 Å². The van der Waals surface area contributed by atoms with E-state index in [-0.39, 0.29) is 11.9 Å². The predicted molar refractivity (Wildman–Crippen MR) is 57.7 cm³/mol. The van der Waals surface area contributed by atoms with Gasteiger partial charge in [0.15, 0.2) is 5.79 Å². The van der Waals surface area contributed by atoms with Gasteiger partial charge in [-0.15, -0.1) is 6.58 Å². The maximum absolute atomic E-state index is 5.95. The number of ether oxygens (including phenoxy) is 3. The molecular weight excluding hydrogens is 192 g/mol. The summed E-state index contributed by atoms with van der Waals surface area (Å²) in [6, 6.07) is 0. The van der Waals surface area contributed by atoms with Crippen molar-refractivity contribution in [1.82, 2.24) is 0 Å². The molecule has 2 rings (SSSR count). The summed E-state index contributed by atoms with van der Waals surface area (Å²) < 4.78 is 17.1. The monoisotopic (exact) mass is 212 g/mol. The van der Waals surface area contributed by atoms with Crippen LogP contribution in [0, 0.1) is 0 Å². The molecule has 1 heterocycles. The molecule has 0 amide bonds. The second-order valence-electron chi connectivity index (χ2n) is 4.35. The highest BCUT2D eigenvalue weighted by molar-refractivity contribution is 4.82. The summed E-state index contributed by atoms with van der Waals surface area (Å²) in [5.74, 6) is -0.263. The maximum Gasteiger partial charge on any atom is 0.169 e. The Labute approximate surface area is 91.4 Å². The van der Waals surface area contributed by atoms with Crippen LogP contribution in [0.2, 0.25) is 0 Å². The average molecular weight is 212 g/mol. The molecule has 1 spiro atoms. The van der Waals surface area contributed by atoms with E-state index in [9.17, 15) is 0 Å². The molecule has 0 N–H and O–H groups in total. The molecule has 0 radical (unpaired) electrons. The first-order valence-corrected chi connectivity index (χ1v) is 5.85. The Bertz CT molecular complexity index is 209. The van der Waals surface area contributed by atoms with Gasteiger partial charge in [-0.05, 0) is 12.8 Å². The Hall–Kier alpha value is -0.380. The fourth-order valence-electron chi connectivity index (χ4n) is 2.33. The Morgan fingerprint density at radius 1 is 1.33 bits per heavy atom. The van der Waals surface area contributed by atoms with Crippen molar-refractivity contribution in [2.45, 2.75) is 44.0 Å². The first kappa shape index (κ1) is 11.1. The molecule has 15 heavy (non-hydrogen) atoms. The standard InChI is InChI=1S/C12H20O3/c1-2-8-13-9-11-10-14-12(15-11)6-4-3-5-7-12/h2,11H,1,3-10H2/t11-/m1/s1. The highest BCUT2D eigenvalue weighted by Crippen LogP contribution is 2.37. The maximum atomic E-state index is 5.95. The van der Waals surface area contributed by atoms with Crippen molar-refractivity contribution >= 4 is 0 Å². The van der Waals surface area contributed by atoms with Gasteiger partial charge in [0.2, 0.25) is 0 Å². The highest BCUT2D eigenvalue weighted by atomic mass is 16.7. The van der Waals surface area contributed by atoms with Crippen LogP contribution in [0.1, 0.15) is 32.1 Å². The predicted octanol–water partition coefficient (Wildman–Crippen LogP) is 2.26. The zero-order chi connectivity index (χ0) is 10.6. The minimum absolute atomic E-state index is 0.114. The molecule has 0 bridgehead atoms. The number of rotatable bonds is 4. The van der Waals surface area contributed by atoms with Gasteiger partial charge < -0.3 is 14.2 Å². The normalized spacial score (nSPS) is 29.5. The SMILES string of the molecule is C=CCOC[C@@H]1COC2(CCCCC2)O1. The van der Waals surface area contributed by atoms with E-state index >= 15 is 0 Å². The van der Waals surface area contributed by atoms with Gasteiger partial charge in [-0.1, -0.05) is 12.5 Å². The minimum Gasteiger partial charge on any atom is -0.375 e. The fraction of sp³-hybridized carbons (Fsp3) is 0.833. The molecule has 2 fully saturated rings. The lowest BCUT2D eigenvalue weighted by Crippen LogP contribution is -2.34. The summed E-state index contributed by atoms with van der Waals surface area (Å²) in [6.45, 7) is 5.50. The molecular formula is C12H20O3. The third-order valence-corrected chi connectivity index (χ3v) is 3.07. The zero-order valence-corrected chi connectivity index (χ0v) is 9.24. The molecule has 86 valence electrons. The Kier molecular flexibility index (Phi) is 3.78. The molecule has 3 nitrogen and oxygen atoms in total. The van der Waals surface area contributed by atoms with Crippen LogP contribution >= 0.6 is 0 Å². The summed E-state index contributed by atoms with van der Waals surface area (Å²) in [5.41, 5.74) is 0. The molecule has 1 saturated heterocycles. The van der Waals surface area contributed by atoms with Crippen LogP contribution in [0.5, 0.6) is 0 Å². The topological polar surface area (TPSA) is 27.7 Å². The molecule has 1 aliphatic heterocycles. The summed E-state index contributed by atoms with van der Waals surface area (Å²) in [4.78, 5) is 0. The van der Waals surface area contributed by atoms with E-state index in [1.54, 1.807) is 6.08 Å². The van der Waals surface area contributed by atoms with E-state index < -0.39 is 0 Å². The van der Waals surface area contributed by atoms with Crippen molar-refractivity contribution < 1.29 is 14.2 Å². The van der Waals surface area contributed by atoms with Crippen LogP contribution in [0.15, 0.2) is 12.7 Å². The molecule has 0 unspecified atom stereocenters. The third kappa shape index (κ3) is 2.80. The van der Waals surface area contributed by atoms with Crippen molar-refractivity contribution in [3.05, 3.63) is 12.7 Å². The van der Waals surface area contributed by atoms with E-state index in [4.69, 9.17) is 14.2 Å². The van der Waals surface area contributed by atoms with Crippen molar-refractivity contribution in [1.29, 1.82) is 0 Å². The van der Waals surface area contributed by atoms with E-state index in [1.165, 1.54) is 19.3 Å². The van der Waals surface area contributed by atoms with Crippen LogP contribution in [0.3, 0.4) is 0 Å². The largest absolute Gasteiger partial charge is 0.375 e. The van der Waals surface area contributed by atoms with Gasteiger partial charge in [-0.25, -0.2) is 0 Å². The van der Waals surface area contributed by atoms with Gasteiger partial charge in [-0.3, -0.25) is 0 Å². The lowest BCUT2D eigenvalue weighted by atomic mass is 9.94. The van der Waals surface area contributed by atoms with Gasteiger partial charge in [0.05, 0.1) is 19.8 Å². The smallest absolute Gasteiger partial charge is 0.169 e. The van der Waals surface area contributed by atoms with Gasteiger partial charge in [0.1, 0.15) is 6.10 Å². The summed E-state index contributed by atoms with van der Waals surface area (Å²) in [7, 11) is 0. The van der Waals surface area contributed by atoms with Crippen LogP contribution in [-0.2, 0) is 14.2 Å². The van der Waals surface area contributed by atoms with Crippen LogP contribution in [0.4, 0.5) is 0 Å². The quantitative estimate of drug-likeness (QED) is 0.528. The second-order valence-corrected chi connectivity index (χ2v) is 4.35. The molecule has 0 aromatic heterocycles. The van der Waals surface area contributed by atoms with Crippen molar-refractivity contribution in [3.8, 4) is 0 Å². The molecule has 1 saturated carbocycles. The second kappa shape index (κ2) is 5.10. The first-order valence-electron chi connectivity index (χ1n) is 5.85. The van der Waals surface area contributed by atoms with Crippen LogP contribution in [0.25, 0.3) is 0 Å². The summed E-state index contributed by atoms with van der Waals surface area (Å²) in [6.07, 6.45) is 7.72. The van der Waals surface area contributed by atoms with Crippen LogP contribution in [-0.4, -0.2) is 31.7 Å². The molecule has 0 aromatic carbocycles. The van der Waals surface area contributed by atoms with Crippen molar-refractivity contribution in [2.24, 2.45) is 0 Å². The highest BCUT2D eigenvalue weighted by Gasteiger charge is 2.42. The lowest BCUT2D eigenvalue weighted by molar-refractivity contribution is -0.191. The van der Waals surface area contributed by atoms with Crippen molar-refractivity contribution in [2.75, 3.05) is 19.8 Å².